The third-order valence-corrected chi connectivity index (χ3v) is 3.69. The first kappa shape index (κ1) is 9.75. The average molecular weight is 194 g/mol. The number of ether oxygens (including phenoxy) is 1. The van der Waals surface area contributed by atoms with E-state index >= 15 is 0 Å². The van der Waals surface area contributed by atoms with Gasteiger partial charge in [-0.2, -0.15) is 0 Å². The Balaban J connectivity index is 2.32. The second-order valence-electron chi connectivity index (χ2n) is 5.30. The molecule has 2 heteroatoms. The van der Waals surface area contributed by atoms with E-state index in [0.29, 0.717) is 12.3 Å². The SMILES string of the molecule is C[C@@H]1C=C[C@]2(CC1)OC(=O)CC2(C)C. The Morgan fingerprint density at radius 3 is 2.64 bits per heavy atom. The largest absolute Gasteiger partial charge is 0.454 e. The standard InChI is InChI=1S/C12H18O2/c1-9-4-6-12(7-5-9)11(2,3)8-10(13)14-12/h4,6,9H,5,7-8H2,1-3H3/t9-,12-/m1/s1. The molecule has 0 N–H and O–H groups in total. The van der Waals surface area contributed by atoms with Gasteiger partial charge < -0.3 is 4.74 Å². The molecule has 1 aliphatic heterocycles. The van der Waals surface area contributed by atoms with Crippen molar-refractivity contribution in [1.29, 1.82) is 0 Å². The van der Waals surface area contributed by atoms with Crippen molar-refractivity contribution in [2.45, 2.75) is 45.6 Å². The van der Waals surface area contributed by atoms with E-state index < -0.39 is 0 Å². The van der Waals surface area contributed by atoms with Crippen LogP contribution in [0.15, 0.2) is 12.2 Å². The molecule has 0 bridgehead atoms. The molecule has 2 rings (SSSR count). The van der Waals surface area contributed by atoms with Gasteiger partial charge in [-0.3, -0.25) is 4.79 Å². The summed E-state index contributed by atoms with van der Waals surface area (Å²) in [5.41, 5.74) is -0.350. The molecule has 0 aromatic rings. The average Bonchev–Trinajstić information content (AvgIpc) is 2.28. The molecule has 1 heterocycles. The molecule has 1 saturated heterocycles. The monoisotopic (exact) mass is 194 g/mol. The van der Waals surface area contributed by atoms with Gasteiger partial charge in [0, 0.05) is 5.41 Å². The first-order valence-electron chi connectivity index (χ1n) is 5.36. The maximum atomic E-state index is 11.4. The van der Waals surface area contributed by atoms with Crippen molar-refractivity contribution in [2.75, 3.05) is 0 Å². The van der Waals surface area contributed by atoms with Gasteiger partial charge in [0.1, 0.15) is 5.60 Å². The van der Waals surface area contributed by atoms with Crippen LogP contribution in [0.3, 0.4) is 0 Å². The van der Waals surface area contributed by atoms with Gasteiger partial charge in [-0.25, -0.2) is 0 Å². The van der Waals surface area contributed by atoms with Crippen molar-refractivity contribution in [3.8, 4) is 0 Å². The van der Waals surface area contributed by atoms with Crippen molar-refractivity contribution in [1.82, 2.24) is 0 Å². The van der Waals surface area contributed by atoms with Crippen LogP contribution in [0.5, 0.6) is 0 Å². The highest BCUT2D eigenvalue weighted by molar-refractivity contribution is 5.74. The zero-order valence-corrected chi connectivity index (χ0v) is 9.17. The lowest BCUT2D eigenvalue weighted by Crippen LogP contribution is -2.41. The first-order chi connectivity index (χ1) is 6.45. The Morgan fingerprint density at radius 2 is 2.21 bits per heavy atom. The van der Waals surface area contributed by atoms with E-state index in [9.17, 15) is 4.79 Å². The molecule has 0 amide bonds. The first-order valence-corrected chi connectivity index (χ1v) is 5.36. The maximum absolute atomic E-state index is 11.4. The number of rotatable bonds is 0. The summed E-state index contributed by atoms with van der Waals surface area (Å²) in [4.78, 5) is 11.4. The van der Waals surface area contributed by atoms with Crippen LogP contribution in [0, 0.1) is 11.3 Å². The van der Waals surface area contributed by atoms with E-state index in [4.69, 9.17) is 4.74 Å². The normalized spacial score (nSPS) is 40.2. The quantitative estimate of drug-likeness (QED) is 0.438. The summed E-state index contributed by atoms with van der Waals surface area (Å²) < 4.78 is 5.53. The summed E-state index contributed by atoms with van der Waals surface area (Å²) in [6, 6.07) is 0. The lowest BCUT2D eigenvalue weighted by molar-refractivity contribution is -0.147. The molecule has 0 aromatic heterocycles. The number of hydrogen-bond donors (Lipinski definition) is 0. The Kier molecular flexibility index (Phi) is 1.98. The highest BCUT2D eigenvalue weighted by Gasteiger charge is 2.53. The summed E-state index contributed by atoms with van der Waals surface area (Å²) in [6.45, 7) is 6.45. The molecule has 2 aliphatic rings. The summed E-state index contributed by atoms with van der Waals surface area (Å²) in [5, 5.41) is 0. The Labute approximate surface area is 85.3 Å². The highest BCUT2D eigenvalue weighted by atomic mass is 16.6. The zero-order chi connectivity index (χ0) is 10.4. The number of esters is 1. The number of hydrogen-bond acceptors (Lipinski definition) is 2. The minimum atomic E-state index is -0.309. The summed E-state index contributed by atoms with van der Waals surface area (Å²) in [5.74, 6) is 0.574. The topological polar surface area (TPSA) is 26.3 Å². The fourth-order valence-electron chi connectivity index (χ4n) is 2.48. The number of carbonyl (C=O) groups is 1. The van der Waals surface area contributed by atoms with Crippen LogP contribution in [0.2, 0.25) is 0 Å². The van der Waals surface area contributed by atoms with E-state index in [1.807, 2.05) is 0 Å². The molecular formula is C12H18O2. The fraction of sp³-hybridized carbons (Fsp3) is 0.750. The molecule has 0 aromatic carbocycles. The molecule has 0 saturated carbocycles. The molecule has 2 atom stereocenters. The Bertz CT molecular complexity index is 291. The van der Waals surface area contributed by atoms with E-state index in [-0.39, 0.29) is 17.0 Å². The van der Waals surface area contributed by atoms with Crippen molar-refractivity contribution >= 4 is 5.97 Å². The van der Waals surface area contributed by atoms with Gasteiger partial charge in [-0.1, -0.05) is 26.8 Å². The Morgan fingerprint density at radius 1 is 1.50 bits per heavy atom. The molecule has 1 aliphatic carbocycles. The minimum absolute atomic E-state index is 0.0409. The number of allylic oxidation sites excluding steroid dienone is 1. The summed E-state index contributed by atoms with van der Waals surface area (Å²) in [7, 11) is 0. The maximum Gasteiger partial charge on any atom is 0.307 e. The second-order valence-corrected chi connectivity index (χ2v) is 5.30. The van der Waals surface area contributed by atoms with Gasteiger partial charge in [-0.05, 0) is 24.8 Å². The predicted octanol–water partition coefficient (Wildman–Crippen LogP) is 2.68. The third-order valence-electron chi connectivity index (χ3n) is 3.69. The highest BCUT2D eigenvalue weighted by Crippen LogP contribution is 2.49. The van der Waals surface area contributed by atoms with Crippen LogP contribution in [-0.2, 0) is 9.53 Å². The van der Waals surface area contributed by atoms with E-state index in [2.05, 4.69) is 32.9 Å². The lowest BCUT2D eigenvalue weighted by atomic mass is 9.69. The molecule has 1 fully saturated rings. The van der Waals surface area contributed by atoms with Gasteiger partial charge in [0.15, 0.2) is 0 Å². The van der Waals surface area contributed by atoms with Crippen LogP contribution in [-0.4, -0.2) is 11.6 Å². The van der Waals surface area contributed by atoms with Gasteiger partial charge in [0.2, 0.25) is 0 Å². The van der Waals surface area contributed by atoms with E-state index in [0.717, 1.165) is 12.8 Å². The van der Waals surface area contributed by atoms with Gasteiger partial charge in [0.25, 0.3) is 0 Å². The zero-order valence-electron chi connectivity index (χ0n) is 9.17. The smallest absolute Gasteiger partial charge is 0.307 e. The van der Waals surface area contributed by atoms with Gasteiger partial charge in [-0.15, -0.1) is 0 Å². The van der Waals surface area contributed by atoms with Gasteiger partial charge >= 0.3 is 5.97 Å². The molecule has 78 valence electrons. The predicted molar refractivity (Wildman–Crippen MR) is 54.8 cm³/mol. The Hall–Kier alpha value is -0.790. The molecule has 0 radical (unpaired) electrons. The second kappa shape index (κ2) is 2.85. The van der Waals surface area contributed by atoms with Crippen molar-refractivity contribution in [2.24, 2.45) is 11.3 Å². The molecule has 14 heavy (non-hydrogen) atoms. The fourth-order valence-corrected chi connectivity index (χ4v) is 2.48. The van der Waals surface area contributed by atoms with Crippen molar-refractivity contribution in [3.63, 3.8) is 0 Å². The van der Waals surface area contributed by atoms with Crippen molar-refractivity contribution < 1.29 is 9.53 Å². The van der Waals surface area contributed by atoms with Crippen LogP contribution in [0.4, 0.5) is 0 Å². The van der Waals surface area contributed by atoms with Crippen LogP contribution in [0.25, 0.3) is 0 Å². The number of carbonyl (C=O) groups excluding carboxylic acids is 1. The van der Waals surface area contributed by atoms with Crippen LogP contribution in [0.1, 0.15) is 40.0 Å². The van der Waals surface area contributed by atoms with Gasteiger partial charge in [0.05, 0.1) is 6.42 Å². The van der Waals surface area contributed by atoms with Crippen LogP contribution >= 0.6 is 0 Å². The molecule has 0 unspecified atom stereocenters. The van der Waals surface area contributed by atoms with Crippen molar-refractivity contribution in [3.05, 3.63) is 12.2 Å². The van der Waals surface area contributed by atoms with Crippen LogP contribution < -0.4 is 0 Å². The van der Waals surface area contributed by atoms with E-state index in [1.165, 1.54) is 0 Å². The summed E-state index contributed by atoms with van der Waals surface area (Å²) >= 11 is 0. The molecular weight excluding hydrogens is 176 g/mol. The summed E-state index contributed by atoms with van der Waals surface area (Å²) in [6.07, 6.45) is 6.94. The molecule has 1 spiro atoms. The minimum Gasteiger partial charge on any atom is -0.454 e. The lowest BCUT2D eigenvalue weighted by Gasteiger charge is -2.39. The van der Waals surface area contributed by atoms with E-state index in [1.54, 1.807) is 0 Å². The molecule has 2 nitrogen and oxygen atoms in total. The third kappa shape index (κ3) is 1.28.